The zero-order valence-electron chi connectivity index (χ0n) is 14.2. The van der Waals surface area contributed by atoms with E-state index < -0.39 is 5.91 Å². The molecule has 2 aromatic carbocycles. The molecule has 1 N–H and O–H groups in total. The van der Waals surface area contributed by atoms with Crippen molar-refractivity contribution in [2.24, 2.45) is 4.99 Å². The summed E-state index contributed by atoms with van der Waals surface area (Å²) in [6, 6.07) is 11.5. The van der Waals surface area contributed by atoms with Gasteiger partial charge in [-0.2, -0.15) is 4.99 Å². The predicted molar refractivity (Wildman–Crippen MR) is 107 cm³/mol. The van der Waals surface area contributed by atoms with E-state index in [2.05, 4.69) is 26.2 Å². The van der Waals surface area contributed by atoms with Crippen molar-refractivity contribution in [1.29, 1.82) is 0 Å². The first kappa shape index (κ1) is 19.3. The van der Waals surface area contributed by atoms with Gasteiger partial charge >= 0.3 is 0 Å². The number of carbonyl (C=O) groups is 2. The number of nitrogens with one attached hydrogen (secondary N) is 1. The Labute approximate surface area is 167 Å². The molecule has 27 heavy (non-hydrogen) atoms. The minimum atomic E-state index is -0.423. The highest BCUT2D eigenvalue weighted by molar-refractivity contribution is 9.10. The van der Waals surface area contributed by atoms with Gasteiger partial charge in [0.15, 0.2) is 5.17 Å². The molecule has 8 heteroatoms. The number of hydrogen-bond donors (Lipinski definition) is 1. The van der Waals surface area contributed by atoms with Crippen LogP contribution in [0.25, 0.3) is 6.08 Å². The highest BCUT2D eigenvalue weighted by Gasteiger charge is 2.23. The molecule has 1 aliphatic heterocycles. The molecular formula is C19H14BrFN2O3S. The summed E-state index contributed by atoms with van der Waals surface area (Å²) < 4.78 is 19.7. The highest BCUT2D eigenvalue weighted by Crippen LogP contribution is 2.32. The number of hydrogen-bond acceptors (Lipinski definition) is 4. The summed E-state index contributed by atoms with van der Waals surface area (Å²) in [4.78, 5) is 27.4. The van der Waals surface area contributed by atoms with Crippen LogP contribution in [0.1, 0.15) is 18.1 Å². The fourth-order valence-electron chi connectivity index (χ4n) is 2.26. The van der Waals surface area contributed by atoms with Crippen molar-refractivity contribution in [3.05, 3.63) is 68.8 Å². The summed E-state index contributed by atoms with van der Waals surface area (Å²) in [6.07, 6.45) is 1.66. The monoisotopic (exact) mass is 448 g/mol. The standard InChI is InChI=1S/C19H14BrFN2O3S/c1-11(24)22-19-23-18(25)17(27-19)9-13-8-14(20)4-7-16(13)26-10-12-2-5-15(21)6-3-12/h2-9H,10H2,1H3,(H,22,23,24,25)/b17-9+. The molecule has 2 amide bonds. The molecule has 1 heterocycles. The lowest BCUT2D eigenvalue weighted by molar-refractivity contribution is -0.117. The van der Waals surface area contributed by atoms with E-state index in [1.807, 2.05) is 12.1 Å². The summed E-state index contributed by atoms with van der Waals surface area (Å²) >= 11 is 4.50. The molecule has 0 spiro atoms. The quantitative estimate of drug-likeness (QED) is 0.708. The second kappa shape index (κ2) is 8.49. The van der Waals surface area contributed by atoms with E-state index in [0.29, 0.717) is 16.2 Å². The zero-order valence-corrected chi connectivity index (χ0v) is 16.6. The molecule has 0 fully saturated rings. The summed E-state index contributed by atoms with van der Waals surface area (Å²) in [6.45, 7) is 1.61. The summed E-state index contributed by atoms with van der Waals surface area (Å²) in [5.41, 5.74) is 1.50. The van der Waals surface area contributed by atoms with E-state index in [4.69, 9.17) is 4.74 Å². The van der Waals surface area contributed by atoms with E-state index in [1.165, 1.54) is 19.1 Å². The van der Waals surface area contributed by atoms with Gasteiger partial charge in [0, 0.05) is 17.0 Å². The molecule has 1 aliphatic rings. The lowest BCUT2D eigenvalue weighted by atomic mass is 10.2. The van der Waals surface area contributed by atoms with Crippen LogP contribution in [0.4, 0.5) is 4.39 Å². The van der Waals surface area contributed by atoms with Crippen LogP contribution in [-0.4, -0.2) is 17.0 Å². The zero-order chi connectivity index (χ0) is 19.4. The molecule has 0 saturated heterocycles. The summed E-state index contributed by atoms with van der Waals surface area (Å²) in [5.74, 6) is -0.453. The Hall–Kier alpha value is -2.45. The lowest BCUT2D eigenvalue weighted by Gasteiger charge is -2.10. The molecule has 0 bridgehead atoms. The first-order chi connectivity index (χ1) is 12.9. The number of benzene rings is 2. The van der Waals surface area contributed by atoms with Crippen molar-refractivity contribution in [3.63, 3.8) is 0 Å². The fraction of sp³-hybridized carbons (Fsp3) is 0.105. The van der Waals surface area contributed by atoms with Gasteiger partial charge in [-0.3, -0.25) is 9.59 Å². The minimum Gasteiger partial charge on any atom is -0.488 e. The summed E-state index contributed by atoms with van der Waals surface area (Å²) in [7, 11) is 0. The third-order valence-corrected chi connectivity index (χ3v) is 4.86. The maximum atomic E-state index is 13.0. The maximum Gasteiger partial charge on any atom is 0.286 e. The Bertz CT molecular complexity index is 958. The largest absolute Gasteiger partial charge is 0.488 e. The smallest absolute Gasteiger partial charge is 0.286 e. The molecule has 5 nitrogen and oxygen atoms in total. The Morgan fingerprint density at radius 3 is 2.74 bits per heavy atom. The van der Waals surface area contributed by atoms with Crippen LogP contribution in [-0.2, 0) is 16.2 Å². The number of amides is 2. The third-order valence-electron chi connectivity index (χ3n) is 3.47. The number of nitrogens with zero attached hydrogens (tertiary/aromatic N) is 1. The van der Waals surface area contributed by atoms with E-state index >= 15 is 0 Å². The average molecular weight is 449 g/mol. The first-order valence-electron chi connectivity index (χ1n) is 7.87. The van der Waals surface area contributed by atoms with Crippen molar-refractivity contribution < 1.29 is 18.7 Å². The molecule has 0 aromatic heterocycles. The fourth-order valence-corrected chi connectivity index (χ4v) is 3.49. The SMILES string of the molecule is CC(=O)NC1=NC(=O)/C(=C\c2cc(Br)ccc2OCc2ccc(F)cc2)S1. The van der Waals surface area contributed by atoms with Crippen LogP contribution < -0.4 is 10.1 Å². The average Bonchev–Trinajstić information content (AvgIpc) is 2.94. The predicted octanol–water partition coefficient (Wildman–Crippen LogP) is 4.27. The van der Waals surface area contributed by atoms with Crippen LogP contribution in [0.2, 0.25) is 0 Å². The molecular weight excluding hydrogens is 435 g/mol. The van der Waals surface area contributed by atoms with Crippen molar-refractivity contribution in [1.82, 2.24) is 5.32 Å². The number of thioether (sulfide) groups is 1. The summed E-state index contributed by atoms with van der Waals surface area (Å²) in [5, 5.41) is 2.76. The van der Waals surface area contributed by atoms with E-state index in [1.54, 1.807) is 24.3 Å². The second-order valence-corrected chi connectivity index (χ2v) is 7.56. The maximum absolute atomic E-state index is 13.0. The molecule has 138 valence electrons. The van der Waals surface area contributed by atoms with Crippen LogP contribution in [0, 0.1) is 5.82 Å². The third kappa shape index (κ3) is 5.27. The van der Waals surface area contributed by atoms with Gasteiger partial charge in [-0.25, -0.2) is 4.39 Å². The number of halogens is 2. The van der Waals surface area contributed by atoms with Gasteiger partial charge in [0.1, 0.15) is 18.2 Å². The van der Waals surface area contributed by atoms with Gasteiger partial charge in [0.05, 0.1) is 4.91 Å². The first-order valence-corrected chi connectivity index (χ1v) is 9.48. The van der Waals surface area contributed by atoms with Crippen LogP contribution >= 0.6 is 27.7 Å². The molecule has 0 unspecified atom stereocenters. The van der Waals surface area contributed by atoms with Gasteiger partial charge in [0.25, 0.3) is 5.91 Å². The van der Waals surface area contributed by atoms with Gasteiger partial charge in [-0.1, -0.05) is 28.1 Å². The van der Waals surface area contributed by atoms with E-state index in [9.17, 15) is 14.0 Å². The topological polar surface area (TPSA) is 67.8 Å². The lowest BCUT2D eigenvalue weighted by Crippen LogP contribution is -2.23. The Morgan fingerprint density at radius 2 is 2.04 bits per heavy atom. The number of aliphatic imine (C=N–C) groups is 1. The van der Waals surface area contributed by atoms with Crippen LogP contribution in [0.3, 0.4) is 0 Å². The Morgan fingerprint density at radius 1 is 1.30 bits per heavy atom. The molecule has 0 aliphatic carbocycles. The number of rotatable bonds is 4. The van der Waals surface area contributed by atoms with Gasteiger partial charge < -0.3 is 10.1 Å². The number of ether oxygens (including phenoxy) is 1. The van der Waals surface area contributed by atoms with E-state index in [-0.39, 0.29) is 23.5 Å². The molecule has 0 radical (unpaired) electrons. The molecule has 3 rings (SSSR count). The van der Waals surface area contributed by atoms with E-state index in [0.717, 1.165) is 21.8 Å². The van der Waals surface area contributed by atoms with Crippen LogP contribution in [0.15, 0.2) is 56.8 Å². The number of carbonyl (C=O) groups excluding carboxylic acids is 2. The van der Waals surface area contributed by atoms with Gasteiger partial charge in [0.2, 0.25) is 5.91 Å². The van der Waals surface area contributed by atoms with Gasteiger partial charge in [-0.05, 0) is 53.7 Å². The van der Waals surface area contributed by atoms with Crippen LogP contribution in [0.5, 0.6) is 5.75 Å². The molecule has 2 aromatic rings. The second-order valence-electron chi connectivity index (χ2n) is 5.61. The normalized spacial score (nSPS) is 15.0. The van der Waals surface area contributed by atoms with Crippen molar-refractivity contribution >= 4 is 50.7 Å². The van der Waals surface area contributed by atoms with Gasteiger partial charge in [-0.15, -0.1) is 0 Å². The Kier molecular flexibility index (Phi) is 6.08. The molecule has 0 saturated carbocycles. The number of amidine groups is 1. The highest BCUT2D eigenvalue weighted by atomic mass is 79.9. The Balaban J connectivity index is 1.79. The minimum absolute atomic E-state index is 0.252. The molecule has 0 atom stereocenters. The van der Waals surface area contributed by atoms with Crippen molar-refractivity contribution in [3.8, 4) is 5.75 Å². The van der Waals surface area contributed by atoms with Crippen molar-refractivity contribution in [2.75, 3.05) is 0 Å². The van der Waals surface area contributed by atoms with Crippen molar-refractivity contribution in [2.45, 2.75) is 13.5 Å².